The molecule has 1 aromatic carbocycles. The monoisotopic (exact) mass is 230 g/mol. The van der Waals surface area contributed by atoms with Gasteiger partial charge in [-0.1, -0.05) is 24.3 Å². The highest BCUT2D eigenvalue weighted by Crippen LogP contribution is 2.28. The van der Waals surface area contributed by atoms with Crippen LogP contribution in [0.2, 0.25) is 0 Å². The zero-order chi connectivity index (χ0) is 11.7. The van der Waals surface area contributed by atoms with Crippen molar-refractivity contribution in [3.05, 3.63) is 35.4 Å². The summed E-state index contributed by atoms with van der Waals surface area (Å²) in [5.74, 6) is 1.51. The molecule has 17 heavy (non-hydrogen) atoms. The van der Waals surface area contributed by atoms with Gasteiger partial charge in [0.2, 0.25) is 0 Å². The molecule has 0 bridgehead atoms. The molecule has 0 aromatic heterocycles. The van der Waals surface area contributed by atoms with Crippen molar-refractivity contribution in [3.8, 4) is 0 Å². The fraction of sp³-hybridized carbons (Fsp3) is 0.600. The van der Waals surface area contributed by atoms with Crippen molar-refractivity contribution in [3.63, 3.8) is 0 Å². The molecule has 0 saturated carbocycles. The molecule has 0 amide bonds. The van der Waals surface area contributed by atoms with Gasteiger partial charge in [-0.15, -0.1) is 0 Å². The van der Waals surface area contributed by atoms with Crippen molar-refractivity contribution in [2.75, 3.05) is 33.2 Å². The molecule has 1 unspecified atom stereocenters. The predicted molar refractivity (Wildman–Crippen MR) is 71.5 cm³/mol. The lowest BCUT2D eigenvalue weighted by atomic mass is 9.87. The average Bonchev–Trinajstić information content (AvgIpc) is 2.36. The first-order chi connectivity index (χ1) is 8.33. The highest BCUT2D eigenvalue weighted by molar-refractivity contribution is 5.29. The Labute approximate surface area is 104 Å². The number of likely N-dealkylation sites (N-methyl/N-ethyl adjacent to an activating group) is 1. The Morgan fingerprint density at radius 1 is 1.06 bits per heavy atom. The maximum atomic E-state index is 3.49. The van der Waals surface area contributed by atoms with Gasteiger partial charge in [-0.3, -0.25) is 0 Å². The lowest BCUT2D eigenvalue weighted by Gasteiger charge is -2.36. The molecular weight excluding hydrogens is 208 g/mol. The van der Waals surface area contributed by atoms with Crippen LogP contribution in [0.15, 0.2) is 24.3 Å². The van der Waals surface area contributed by atoms with Crippen molar-refractivity contribution < 1.29 is 0 Å². The lowest BCUT2D eigenvalue weighted by Crippen LogP contribution is -2.41. The molecule has 2 fully saturated rings. The topological polar surface area (TPSA) is 15.3 Å². The van der Waals surface area contributed by atoms with Crippen LogP contribution in [0.1, 0.15) is 35.8 Å². The minimum absolute atomic E-state index is 0.738. The van der Waals surface area contributed by atoms with Gasteiger partial charge in [-0.05, 0) is 43.5 Å². The zero-order valence-corrected chi connectivity index (χ0v) is 10.7. The van der Waals surface area contributed by atoms with Crippen LogP contribution in [0.5, 0.6) is 0 Å². The number of hydrogen-bond acceptors (Lipinski definition) is 2. The third-order valence-electron chi connectivity index (χ3n) is 4.24. The molecule has 92 valence electrons. The third kappa shape index (κ3) is 2.38. The quantitative estimate of drug-likeness (QED) is 0.838. The average molecular weight is 230 g/mol. The smallest absolute Gasteiger partial charge is 0.00933 e. The fourth-order valence-corrected chi connectivity index (χ4v) is 3.09. The fourth-order valence-electron chi connectivity index (χ4n) is 3.09. The summed E-state index contributed by atoms with van der Waals surface area (Å²) < 4.78 is 0. The Bertz CT molecular complexity index is 359. The largest absolute Gasteiger partial charge is 0.316 e. The van der Waals surface area contributed by atoms with Gasteiger partial charge in [-0.2, -0.15) is 0 Å². The van der Waals surface area contributed by atoms with Gasteiger partial charge in [0, 0.05) is 25.6 Å². The van der Waals surface area contributed by atoms with Gasteiger partial charge >= 0.3 is 0 Å². The molecule has 1 N–H and O–H groups in total. The minimum atomic E-state index is 0.738. The molecule has 2 heteroatoms. The molecule has 3 rings (SSSR count). The van der Waals surface area contributed by atoms with Gasteiger partial charge in [-0.25, -0.2) is 0 Å². The molecule has 0 radical (unpaired) electrons. The van der Waals surface area contributed by atoms with E-state index in [1.165, 1.54) is 43.6 Å². The van der Waals surface area contributed by atoms with Crippen LogP contribution in [0, 0.1) is 0 Å². The summed E-state index contributed by atoms with van der Waals surface area (Å²) in [7, 11) is 2.19. The van der Waals surface area contributed by atoms with E-state index in [1.54, 1.807) is 0 Å². The first kappa shape index (κ1) is 11.2. The third-order valence-corrected chi connectivity index (χ3v) is 4.24. The maximum absolute atomic E-state index is 3.49. The summed E-state index contributed by atoms with van der Waals surface area (Å²) in [5.41, 5.74) is 3.05. The predicted octanol–water partition coefficient (Wildman–Crippen LogP) is 2.18. The molecule has 1 atom stereocenters. The van der Waals surface area contributed by atoms with Crippen molar-refractivity contribution in [2.45, 2.75) is 24.7 Å². The summed E-state index contributed by atoms with van der Waals surface area (Å²) in [4.78, 5) is 2.38. The Morgan fingerprint density at radius 2 is 1.71 bits per heavy atom. The normalized spacial score (nSPS) is 26.8. The summed E-state index contributed by atoms with van der Waals surface area (Å²) in [6.07, 6.45) is 2.67. The van der Waals surface area contributed by atoms with E-state index < -0.39 is 0 Å². The second-order valence-corrected chi connectivity index (χ2v) is 5.63. The lowest BCUT2D eigenvalue weighted by molar-refractivity contribution is 0.190. The number of piperidine rings is 1. The van der Waals surface area contributed by atoms with E-state index in [1.807, 2.05) is 0 Å². The van der Waals surface area contributed by atoms with E-state index in [4.69, 9.17) is 0 Å². The van der Waals surface area contributed by atoms with Gasteiger partial charge in [0.25, 0.3) is 0 Å². The summed E-state index contributed by atoms with van der Waals surface area (Å²) >= 11 is 0. The number of nitrogens with one attached hydrogen (secondary N) is 1. The Morgan fingerprint density at radius 3 is 2.24 bits per heavy atom. The first-order valence-electron chi connectivity index (χ1n) is 6.82. The van der Waals surface area contributed by atoms with Crippen LogP contribution in [0.3, 0.4) is 0 Å². The van der Waals surface area contributed by atoms with E-state index in [0.717, 1.165) is 18.4 Å². The molecular formula is C15H22N2. The molecule has 0 aliphatic carbocycles. The second kappa shape index (κ2) is 4.79. The summed E-state index contributed by atoms with van der Waals surface area (Å²) in [6, 6.07) is 9.40. The summed E-state index contributed by atoms with van der Waals surface area (Å²) in [6.45, 7) is 4.81. The Hall–Kier alpha value is -0.860. The van der Waals surface area contributed by atoms with Crippen molar-refractivity contribution in [1.29, 1.82) is 0 Å². The Kier molecular flexibility index (Phi) is 3.17. The standard InChI is InChI=1S/C15H22N2/c1-17-10-15(11-17)13-6-4-12(5-7-13)14-3-2-8-16-9-14/h4-7,14-16H,2-3,8-11H2,1H3. The van der Waals surface area contributed by atoms with Crippen LogP contribution in [-0.2, 0) is 0 Å². The second-order valence-electron chi connectivity index (χ2n) is 5.63. The van der Waals surface area contributed by atoms with Gasteiger partial charge in [0.15, 0.2) is 0 Å². The molecule has 2 heterocycles. The highest BCUT2D eigenvalue weighted by atomic mass is 15.2. The van der Waals surface area contributed by atoms with Gasteiger partial charge in [0.05, 0.1) is 0 Å². The number of benzene rings is 1. The van der Waals surface area contributed by atoms with Gasteiger partial charge < -0.3 is 10.2 Å². The van der Waals surface area contributed by atoms with Crippen LogP contribution in [0.25, 0.3) is 0 Å². The van der Waals surface area contributed by atoms with E-state index in [9.17, 15) is 0 Å². The van der Waals surface area contributed by atoms with E-state index in [-0.39, 0.29) is 0 Å². The SMILES string of the molecule is CN1CC(c2ccc(C3CCCNC3)cc2)C1. The number of hydrogen-bond donors (Lipinski definition) is 1. The van der Waals surface area contributed by atoms with Crippen molar-refractivity contribution in [2.24, 2.45) is 0 Å². The Balaban J connectivity index is 1.67. The van der Waals surface area contributed by atoms with E-state index >= 15 is 0 Å². The van der Waals surface area contributed by atoms with Crippen LogP contribution in [-0.4, -0.2) is 38.1 Å². The maximum Gasteiger partial charge on any atom is 0.00933 e. The minimum Gasteiger partial charge on any atom is -0.316 e. The zero-order valence-electron chi connectivity index (χ0n) is 10.7. The van der Waals surface area contributed by atoms with Crippen LogP contribution >= 0.6 is 0 Å². The highest BCUT2D eigenvalue weighted by Gasteiger charge is 2.24. The molecule has 1 aromatic rings. The molecule has 2 saturated heterocycles. The molecule has 2 aliphatic heterocycles. The van der Waals surface area contributed by atoms with Crippen LogP contribution in [0.4, 0.5) is 0 Å². The van der Waals surface area contributed by atoms with E-state index in [2.05, 4.69) is 41.5 Å². The number of nitrogens with zero attached hydrogens (tertiary/aromatic N) is 1. The van der Waals surface area contributed by atoms with Gasteiger partial charge in [0.1, 0.15) is 0 Å². The van der Waals surface area contributed by atoms with Crippen molar-refractivity contribution >= 4 is 0 Å². The van der Waals surface area contributed by atoms with E-state index in [0.29, 0.717) is 0 Å². The van der Waals surface area contributed by atoms with Crippen molar-refractivity contribution in [1.82, 2.24) is 10.2 Å². The number of rotatable bonds is 2. The molecule has 0 spiro atoms. The van der Waals surface area contributed by atoms with Crippen LogP contribution < -0.4 is 5.32 Å². The number of likely N-dealkylation sites (tertiary alicyclic amines) is 1. The molecule has 2 aliphatic rings. The molecule has 2 nitrogen and oxygen atoms in total. The first-order valence-corrected chi connectivity index (χ1v) is 6.82. The summed E-state index contributed by atoms with van der Waals surface area (Å²) in [5, 5.41) is 3.49.